The summed E-state index contributed by atoms with van der Waals surface area (Å²) in [5.74, 6) is -0.131. The number of amides is 2. The van der Waals surface area contributed by atoms with Gasteiger partial charge in [-0.25, -0.2) is 9.97 Å². The Morgan fingerprint density at radius 3 is 2.33 bits per heavy atom. The van der Waals surface area contributed by atoms with Gasteiger partial charge in [0.15, 0.2) is 11.6 Å². The van der Waals surface area contributed by atoms with Crippen molar-refractivity contribution in [3.63, 3.8) is 0 Å². The van der Waals surface area contributed by atoms with Crippen LogP contribution in [0.5, 0.6) is 0 Å². The highest BCUT2D eigenvalue weighted by atomic mass is 16.2. The maximum atomic E-state index is 13.9. The molecule has 0 radical (unpaired) electrons. The molecule has 2 amide bonds. The second-order valence-electron chi connectivity index (χ2n) is 11.8. The van der Waals surface area contributed by atoms with Gasteiger partial charge in [-0.15, -0.1) is 0 Å². The van der Waals surface area contributed by atoms with Crippen molar-refractivity contribution < 1.29 is 14.4 Å². The zero-order valence-corrected chi connectivity index (χ0v) is 22.9. The van der Waals surface area contributed by atoms with Gasteiger partial charge in [-0.3, -0.25) is 19.4 Å². The van der Waals surface area contributed by atoms with Crippen molar-refractivity contribution in [1.29, 1.82) is 0 Å². The number of Topliss-reactive ketones (excluding diaryl/α,β-unsaturated/α-hetero) is 1. The van der Waals surface area contributed by atoms with Gasteiger partial charge < -0.3 is 14.8 Å². The first-order valence-corrected chi connectivity index (χ1v) is 13.6. The molecule has 6 rings (SSSR count). The summed E-state index contributed by atoms with van der Waals surface area (Å²) in [4.78, 5) is 60.2. The van der Waals surface area contributed by atoms with Crippen molar-refractivity contribution in [3.05, 3.63) is 78.5 Å². The van der Waals surface area contributed by atoms with E-state index in [-0.39, 0.29) is 36.1 Å². The van der Waals surface area contributed by atoms with Crippen molar-refractivity contribution in [2.45, 2.75) is 45.7 Å². The lowest BCUT2D eigenvalue weighted by atomic mass is 9.76. The minimum atomic E-state index is -0.468. The van der Waals surface area contributed by atoms with Crippen LogP contribution in [-0.4, -0.2) is 72.5 Å². The fraction of sp³-hybridized carbons (Fsp3) is 0.355. The second-order valence-corrected chi connectivity index (χ2v) is 11.8. The molecule has 9 heteroatoms. The van der Waals surface area contributed by atoms with Gasteiger partial charge in [0, 0.05) is 54.6 Å². The van der Waals surface area contributed by atoms with Crippen molar-refractivity contribution in [1.82, 2.24) is 29.7 Å². The zero-order valence-electron chi connectivity index (χ0n) is 22.9. The maximum absolute atomic E-state index is 13.9. The molecule has 0 aliphatic carbocycles. The van der Waals surface area contributed by atoms with Crippen LogP contribution >= 0.6 is 0 Å². The van der Waals surface area contributed by atoms with E-state index in [1.807, 2.05) is 60.9 Å². The third-order valence-corrected chi connectivity index (χ3v) is 8.15. The van der Waals surface area contributed by atoms with Crippen LogP contribution in [0, 0.1) is 11.3 Å². The van der Waals surface area contributed by atoms with E-state index in [0.717, 1.165) is 22.9 Å². The topological polar surface area (TPSA) is 112 Å². The van der Waals surface area contributed by atoms with Gasteiger partial charge in [-0.05, 0) is 42.2 Å². The molecule has 5 heterocycles. The van der Waals surface area contributed by atoms with Crippen LogP contribution in [0.4, 0.5) is 0 Å². The summed E-state index contributed by atoms with van der Waals surface area (Å²) in [5.41, 5.74) is 2.14. The Hall–Kier alpha value is -4.40. The molecule has 9 nitrogen and oxygen atoms in total. The highest BCUT2D eigenvalue weighted by Crippen LogP contribution is 2.38. The lowest BCUT2D eigenvalue weighted by Gasteiger charge is -2.39. The third kappa shape index (κ3) is 4.76. The Bertz CT molecular complexity index is 1540. The number of aromatic amines is 1. The maximum Gasteiger partial charge on any atom is 0.272 e. The molecule has 3 atom stereocenters. The summed E-state index contributed by atoms with van der Waals surface area (Å²) in [6, 6.07) is 14.7. The van der Waals surface area contributed by atoms with Crippen LogP contribution in [0.25, 0.3) is 22.3 Å². The summed E-state index contributed by atoms with van der Waals surface area (Å²) in [6.45, 7) is 6.96. The van der Waals surface area contributed by atoms with E-state index < -0.39 is 11.3 Å². The van der Waals surface area contributed by atoms with Crippen LogP contribution in [-0.2, 0) is 4.79 Å². The molecule has 1 aromatic carbocycles. The van der Waals surface area contributed by atoms with Gasteiger partial charge >= 0.3 is 0 Å². The van der Waals surface area contributed by atoms with Crippen molar-refractivity contribution in [2.24, 2.45) is 11.3 Å². The molecule has 3 aromatic heterocycles. The molecule has 4 aromatic rings. The molecule has 0 unspecified atom stereocenters. The molecular weight excluding hydrogens is 504 g/mol. The number of rotatable bonds is 6. The molecule has 0 saturated carbocycles. The van der Waals surface area contributed by atoms with Crippen molar-refractivity contribution in [3.8, 4) is 11.4 Å². The average molecular weight is 537 g/mol. The summed E-state index contributed by atoms with van der Waals surface area (Å²) in [6.07, 6.45) is 5.81. The molecule has 2 bridgehead atoms. The van der Waals surface area contributed by atoms with Gasteiger partial charge in [-0.2, -0.15) is 0 Å². The first-order chi connectivity index (χ1) is 19.2. The molecule has 204 valence electrons. The molecule has 1 N–H and O–H groups in total. The zero-order chi connectivity index (χ0) is 28.0. The number of hydrogen-bond donors (Lipinski definition) is 1. The van der Waals surface area contributed by atoms with Gasteiger partial charge in [0.1, 0.15) is 5.69 Å². The van der Waals surface area contributed by atoms with E-state index >= 15 is 0 Å². The number of nitrogens with one attached hydrogen (secondary N) is 1. The monoisotopic (exact) mass is 536 g/mol. The number of para-hydroxylation sites is 1. The van der Waals surface area contributed by atoms with Gasteiger partial charge in [0.05, 0.1) is 23.7 Å². The Morgan fingerprint density at radius 1 is 0.950 bits per heavy atom. The largest absolute Gasteiger partial charge is 0.352 e. The Labute approximate surface area is 232 Å². The fourth-order valence-corrected chi connectivity index (χ4v) is 5.92. The lowest BCUT2D eigenvalue weighted by Crippen LogP contribution is -2.53. The molecular formula is C31H32N6O3. The Balaban J connectivity index is 1.13. The smallest absolute Gasteiger partial charge is 0.272 e. The Morgan fingerprint density at radius 2 is 1.68 bits per heavy atom. The number of pyridine rings is 1. The van der Waals surface area contributed by atoms with Gasteiger partial charge in [-0.1, -0.05) is 39.0 Å². The molecule has 2 aliphatic rings. The number of carbonyl (C=O) groups is 3. The summed E-state index contributed by atoms with van der Waals surface area (Å²) >= 11 is 0. The number of fused-ring (bicyclic) bond motifs is 3. The fourth-order valence-electron chi connectivity index (χ4n) is 5.92. The number of nitrogens with zero attached hydrogens (tertiary/aromatic N) is 5. The van der Waals surface area contributed by atoms with E-state index in [0.29, 0.717) is 30.3 Å². The molecule has 2 fully saturated rings. The number of aromatic nitrogens is 4. The van der Waals surface area contributed by atoms with E-state index in [4.69, 9.17) is 0 Å². The minimum absolute atomic E-state index is 0.0121. The van der Waals surface area contributed by atoms with Crippen molar-refractivity contribution in [2.75, 3.05) is 13.1 Å². The first-order valence-electron chi connectivity index (χ1n) is 13.6. The van der Waals surface area contributed by atoms with E-state index in [1.54, 1.807) is 36.8 Å². The van der Waals surface area contributed by atoms with Gasteiger partial charge in [0.2, 0.25) is 5.91 Å². The SMILES string of the molecule is CC(C)(C)[C@H](CC(=O)c1cc2ccccc2[nH]1)C(=O)N1C[C@@H]2C[C@H]1CN2C(=O)c1ccc(-c2ncccn2)cn1. The number of carbonyl (C=O) groups excluding carboxylic acids is 3. The van der Waals surface area contributed by atoms with E-state index in [1.165, 1.54) is 0 Å². The number of ketones is 1. The number of likely N-dealkylation sites (tertiary alicyclic amines) is 2. The standard InChI is InChI=1S/C31H32N6O3/c1-31(2,3)23(15-27(38)26-13-19-7-4-5-8-24(19)35-26)29(39)36-17-22-14-21(36)18-37(22)30(40)25-10-9-20(16-34-25)28-32-11-6-12-33-28/h4-13,16,21-23,35H,14-15,17-18H2,1-3H3/t21-,22-,23+/m0/s1. The summed E-state index contributed by atoms with van der Waals surface area (Å²) < 4.78 is 0. The number of H-pyrrole nitrogens is 1. The number of benzene rings is 1. The first kappa shape index (κ1) is 25.9. The predicted molar refractivity (Wildman–Crippen MR) is 150 cm³/mol. The van der Waals surface area contributed by atoms with E-state index in [2.05, 4.69) is 19.9 Å². The minimum Gasteiger partial charge on any atom is -0.352 e. The third-order valence-electron chi connectivity index (χ3n) is 8.15. The van der Waals surface area contributed by atoms with E-state index in [9.17, 15) is 14.4 Å². The normalized spacial score (nSPS) is 19.3. The Kier molecular flexibility index (Phi) is 6.44. The van der Waals surface area contributed by atoms with Crippen molar-refractivity contribution >= 4 is 28.5 Å². The highest BCUT2D eigenvalue weighted by Gasteiger charge is 2.50. The van der Waals surface area contributed by atoms with Crippen LogP contribution in [0.2, 0.25) is 0 Å². The lowest BCUT2D eigenvalue weighted by molar-refractivity contribution is -0.141. The van der Waals surface area contributed by atoms with Crippen LogP contribution in [0.1, 0.15) is 54.6 Å². The predicted octanol–water partition coefficient (Wildman–Crippen LogP) is 4.38. The van der Waals surface area contributed by atoms with Crippen LogP contribution in [0.15, 0.2) is 67.1 Å². The highest BCUT2D eigenvalue weighted by molar-refractivity contribution is 6.01. The quantitative estimate of drug-likeness (QED) is 0.366. The summed E-state index contributed by atoms with van der Waals surface area (Å²) in [7, 11) is 0. The number of hydrogen-bond acceptors (Lipinski definition) is 6. The molecule has 0 spiro atoms. The van der Waals surface area contributed by atoms with Gasteiger partial charge in [0.25, 0.3) is 5.91 Å². The average Bonchev–Trinajstić information content (AvgIpc) is 3.69. The molecule has 2 aliphatic heterocycles. The number of piperazine rings is 1. The summed E-state index contributed by atoms with van der Waals surface area (Å²) in [5, 5.41) is 0.976. The molecule has 2 saturated heterocycles. The van der Waals surface area contributed by atoms with Crippen LogP contribution < -0.4 is 0 Å². The second kappa shape index (κ2) is 9.97. The molecule has 40 heavy (non-hydrogen) atoms. The van der Waals surface area contributed by atoms with Crippen LogP contribution in [0.3, 0.4) is 0 Å².